The molecule has 41 valence electrons. The van der Waals surface area contributed by atoms with Gasteiger partial charge in [-0.25, -0.2) is 0 Å². The number of hydrogen-bond donors (Lipinski definition) is 0. The second-order valence-corrected chi connectivity index (χ2v) is 3.23. The van der Waals surface area contributed by atoms with Gasteiger partial charge in [-0.05, 0) is 0 Å². The minimum Gasteiger partial charge on any atom is -0.287 e. The van der Waals surface area contributed by atoms with Gasteiger partial charge in [0.05, 0.1) is 7.80 Å². The van der Waals surface area contributed by atoms with E-state index in [9.17, 15) is 4.57 Å². The van der Waals surface area contributed by atoms with Crippen molar-refractivity contribution < 1.29 is 4.57 Å². The molecule has 1 nitrogen and oxygen atoms in total. The monoisotopic (exact) mass is 117 g/mol. The summed E-state index contributed by atoms with van der Waals surface area (Å²) in [5, 5.41) is 0. The van der Waals surface area contributed by atoms with E-state index in [-0.39, 0.29) is 0 Å². The summed E-state index contributed by atoms with van der Waals surface area (Å²) in [5.74, 6) is 0. The Bertz CT molecular complexity index is 78.1. The van der Waals surface area contributed by atoms with E-state index in [1.165, 1.54) is 0 Å². The summed E-state index contributed by atoms with van der Waals surface area (Å²) >= 11 is 0. The smallest absolute Gasteiger partial charge is 0.0754 e. The van der Waals surface area contributed by atoms with Gasteiger partial charge in [-0.3, -0.25) is 4.57 Å². The van der Waals surface area contributed by atoms with E-state index in [1.807, 2.05) is 6.92 Å². The van der Waals surface area contributed by atoms with E-state index in [4.69, 9.17) is 0 Å². The van der Waals surface area contributed by atoms with Crippen LogP contribution in [0, 0.1) is 0 Å². The van der Waals surface area contributed by atoms with Gasteiger partial charge in [0.15, 0.2) is 0 Å². The minimum atomic E-state index is -0.947. The van der Waals surface area contributed by atoms with Crippen molar-refractivity contribution in [2.75, 3.05) is 12.3 Å². The fourth-order valence-corrected chi connectivity index (χ4v) is 0.819. The summed E-state index contributed by atoms with van der Waals surface area (Å²) in [6.45, 7) is 5.38. The molecule has 2 heteroatoms. The van der Waals surface area contributed by atoms with E-state index < -0.39 is 7.80 Å². The summed E-state index contributed by atoms with van der Waals surface area (Å²) < 4.78 is 10.5. The maximum atomic E-state index is 10.5. The van der Waals surface area contributed by atoms with Crippen molar-refractivity contribution in [1.29, 1.82) is 0 Å². The largest absolute Gasteiger partial charge is 0.287 e. The van der Waals surface area contributed by atoms with Gasteiger partial charge in [0.25, 0.3) is 0 Å². The van der Waals surface area contributed by atoms with Crippen molar-refractivity contribution in [3.63, 3.8) is 0 Å². The average Bonchev–Trinajstić information content (AvgIpc) is 1.68. The number of allylic oxidation sites excluding steroid dienone is 1. The molecule has 0 bridgehead atoms. The quantitative estimate of drug-likeness (QED) is 0.408. The Hall–Kier alpha value is -0.160. The van der Waals surface area contributed by atoms with Gasteiger partial charge in [-0.1, -0.05) is 13.0 Å². The standard InChI is InChI=1S/C5H10OP/c1-3-5-7(6)4-2/h3H,1,4-5H2,2H3. The third-order valence-corrected chi connectivity index (χ3v) is 2.06. The molecule has 0 aromatic rings. The fourth-order valence-electron chi connectivity index (χ4n) is 0.273. The third kappa shape index (κ3) is 3.68. The Balaban J connectivity index is 3.17. The molecule has 7 heavy (non-hydrogen) atoms. The molecule has 0 aromatic heterocycles. The zero-order chi connectivity index (χ0) is 5.70. The first-order valence-electron chi connectivity index (χ1n) is 2.34. The summed E-state index contributed by atoms with van der Waals surface area (Å²) in [4.78, 5) is 0. The number of hydrogen-bond acceptors (Lipinski definition) is 1. The van der Waals surface area contributed by atoms with Crippen molar-refractivity contribution in [1.82, 2.24) is 0 Å². The van der Waals surface area contributed by atoms with Crippen LogP contribution in [-0.4, -0.2) is 12.3 Å². The zero-order valence-corrected chi connectivity index (χ0v) is 5.45. The van der Waals surface area contributed by atoms with Crippen LogP contribution in [0.3, 0.4) is 0 Å². The van der Waals surface area contributed by atoms with Gasteiger partial charge in [0.1, 0.15) is 0 Å². The van der Waals surface area contributed by atoms with Crippen LogP contribution in [0.5, 0.6) is 0 Å². The summed E-state index contributed by atoms with van der Waals surface area (Å²) in [5.41, 5.74) is 0. The van der Waals surface area contributed by atoms with Gasteiger partial charge in [0.2, 0.25) is 0 Å². The lowest BCUT2D eigenvalue weighted by atomic mass is 10.8. The van der Waals surface area contributed by atoms with Crippen LogP contribution in [0.4, 0.5) is 0 Å². The van der Waals surface area contributed by atoms with Gasteiger partial charge < -0.3 is 0 Å². The predicted molar refractivity (Wildman–Crippen MR) is 33.2 cm³/mol. The molecular formula is C5H10OP. The molecule has 0 fully saturated rings. The molecule has 1 unspecified atom stereocenters. The molecule has 0 aromatic carbocycles. The first-order chi connectivity index (χ1) is 3.31. The van der Waals surface area contributed by atoms with Crippen LogP contribution in [0.1, 0.15) is 6.92 Å². The van der Waals surface area contributed by atoms with Crippen LogP contribution in [-0.2, 0) is 4.57 Å². The van der Waals surface area contributed by atoms with Gasteiger partial charge >= 0.3 is 0 Å². The molecule has 0 heterocycles. The van der Waals surface area contributed by atoms with E-state index >= 15 is 0 Å². The Morgan fingerprint density at radius 3 is 2.57 bits per heavy atom. The van der Waals surface area contributed by atoms with Crippen LogP contribution >= 0.6 is 7.80 Å². The van der Waals surface area contributed by atoms with Crippen molar-refractivity contribution >= 4 is 7.80 Å². The lowest BCUT2D eigenvalue weighted by Gasteiger charge is -1.84. The third-order valence-electron chi connectivity index (χ3n) is 0.685. The first-order valence-corrected chi connectivity index (χ1v) is 3.97. The highest BCUT2D eigenvalue weighted by atomic mass is 31.1. The molecule has 0 rings (SSSR count). The summed E-state index contributed by atoms with van der Waals surface area (Å²) in [6.07, 6.45) is 3.15. The van der Waals surface area contributed by atoms with Gasteiger partial charge in [-0.15, -0.1) is 6.58 Å². The SMILES string of the molecule is C=CC[P](=O)CC. The van der Waals surface area contributed by atoms with Crippen LogP contribution in [0.15, 0.2) is 12.7 Å². The van der Waals surface area contributed by atoms with Crippen LogP contribution in [0.25, 0.3) is 0 Å². The van der Waals surface area contributed by atoms with E-state index in [0.717, 1.165) is 6.16 Å². The maximum absolute atomic E-state index is 10.5. The minimum absolute atomic E-state index is 0.672. The molecule has 1 atom stereocenters. The molecule has 0 aliphatic carbocycles. The molecule has 0 saturated heterocycles. The van der Waals surface area contributed by atoms with E-state index in [1.54, 1.807) is 6.08 Å². The Morgan fingerprint density at radius 1 is 1.86 bits per heavy atom. The van der Waals surface area contributed by atoms with Crippen molar-refractivity contribution in [3.8, 4) is 0 Å². The predicted octanol–water partition coefficient (Wildman–Crippen LogP) is 2.02. The first kappa shape index (κ1) is 6.84. The second kappa shape index (κ2) is 4.01. The summed E-state index contributed by atoms with van der Waals surface area (Å²) in [6, 6.07) is 0. The highest BCUT2D eigenvalue weighted by Crippen LogP contribution is 2.17. The van der Waals surface area contributed by atoms with E-state index in [0.29, 0.717) is 6.16 Å². The number of rotatable bonds is 3. The van der Waals surface area contributed by atoms with Crippen molar-refractivity contribution in [2.45, 2.75) is 6.92 Å². The Morgan fingerprint density at radius 2 is 2.43 bits per heavy atom. The molecule has 0 aliphatic rings. The lowest BCUT2D eigenvalue weighted by molar-refractivity contribution is 0.590. The molecule has 0 amide bonds. The zero-order valence-electron chi connectivity index (χ0n) is 4.55. The van der Waals surface area contributed by atoms with Crippen LogP contribution in [0.2, 0.25) is 0 Å². The Labute approximate surface area is 45.2 Å². The topological polar surface area (TPSA) is 17.1 Å². The highest BCUT2D eigenvalue weighted by Gasteiger charge is 1.87. The van der Waals surface area contributed by atoms with Crippen molar-refractivity contribution in [2.24, 2.45) is 0 Å². The van der Waals surface area contributed by atoms with E-state index in [2.05, 4.69) is 6.58 Å². The highest BCUT2D eigenvalue weighted by molar-refractivity contribution is 7.44. The molecule has 0 spiro atoms. The van der Waals surface area contributed by atoms with Gasteiger partial charge in [0, 0.05) is 12.3 Å². The molecular weight excluding hydrogens is 107 g/mol. The molecule has 0 aliphatic heterocycles. The van der Waals surface area contributed by atoms with Gasteiger partial charge in [-0.2, -0.15) is 0 Å². The maximum Gasteiger partial charge on any atom is 0.0754 e. The Kier molecular flexibility index (Phi) is 3.92. The summed E-state index contributed by atoms with van der Waals surface area (Å²) in [7, 11) is -0.947. The molecule has 0 saturated carbocycles. The fraction of sp³-hybridized carbons (Fsp3) is 0.600. The second-order valence-electron chi connectivity index (χ2n) is 1.27. The average molecular weight is 117 g/mol. The molecule has 0 N–H and O–H groups in total. The lowest BCUT2D eigenvalue weighted by Crippen LogP contribution is -1.69. The van der Waals surface area contributed by atoms with Crippen LogP contribution < -0.4 is 0 Å². The molecule has 1 radical (unpaired) electrons. The normalized spacial score (nSPS) is 10.7. The van der Waals surface area contributed by atoms with Crippen molar-refractivity contribution in [3.05, 3.63) is 12.7 Å².